The van der Waals surface area contributed by atoms with Crippen molar-refractivity contribution in [3.8, 4) is 0 Å². The first-order valence-electron chi connectivity index (χ1n) is 6.66. The van der Waals surface area contributed by atoms with Crippen LogP contribution in [0.4, 0.5) is 0 Å². The molecule has 2 saturated heterocycles. The summed E-state index contributed by atoms with van der Waals surface area (Å²) in [6.45, 7) is 8.05. The Balaban J connectivity index is 1.94. The largest absolute Gasteiger partial charge is 0.376 e. The van der Waals surface area contributed by atoms with Crippen LogP contribution in [-0.4, -0.2) is 37.2 Å². The molecule has 3 atom stereocenters. The quantitative estimate of drug-likeness (QED) is 0.759. The molecule has 0 saturated carbocycles. The van der Waals surface area contributed by atoms with E-state index in [1.807, 2.05) is 6.92 Å². The molecule has 2 N–H and O–H groups in total. The first kappa shape index (κ1) is 12.8. The van der Waals surface area contributed by atoms with E-state index in [1.54, 1.807) is 0 Å². The number of hydrogen-bond donors (Lipinski definition) is 2. The Bertz CT molecular complexity index is 291. The molecule has 0 aromatic heterocycles. The van der Waals surface area contributed by atoms with Gasteiger partial charge >= 0.3 is 0 Å². The average molecular weight is 240 g/mol. The summed E-state index contributed by atoms with van der Waals surface area (Å²) in [5.74, 6) is 0.136. The summed E-state index contributed by atoms with van der Waals surface area (Å²) in [7, 11) is 0. The van der Waals surface area contributed by atoms with Crippen LogP contribution >= 0.6 is 0 Å². The number of carbonyl (C=O) groups is 1. The summed E-state index contributed by atoms with van der Waals surface area (Å²) in [6.07, 6.45) is 3.33. The van der Waals surface area contributed by atoms with Gasteiger partial charge in [0.2, 0.25) is 5.91 Å². The Labute approximate surface area is 103 Å². The number of piperidine rings is 1. The molecule has 4 nitrogen and oxygen atoms in total. The fourth-order valence-corrected chi connectivity index (χ4v) is 2.85. The minimum Gasteiger partial charge on any atom is -0.376 e. The highest BCUT2D eigenvalue weighted by Crippen LogP contribution is 2.30. The molecule has 1 amide bonds. The molecule has 0 spiro atoms. The third-order valence-electron chi connectivity index (χ3n) is 4.09. The summed E-state index contributed by atoms with van der Waals surface area (Å²) in [5.41, 5.74) is 0.0467. The predicted octanol–water partition coefficient (Wildman–Crippen LogP) is 1.06. The number of ether oxygens (including phenoxy) is 1. The van der Waals surface area contributed by atoms with Gasteiger partial charge in [-0.3, -0.25) is 4.79 Å². The highest BCUT2D eigenvalue weighted by atomic mass is 16.5. The molecular weight excluding hydrogens is 216 g/mol. The number of amides is 1. The number of carbonyl (C=O) groups excluding carboxylic acids is 1. The van der Waals surface area contributed by atoms with Crippen LogP contribution in [0.5, 0.6) is 0 Å². The van der Waals surface area contributed by atoms with E-state index in [4.69, 9.17) is 4.74 Å². The summed E-state index contributed by atoms with van der Waals surface area (Å²) in [4.78, 5) is 12.3. The van der Waals surface area contributed by atoms with Crippen molar-refractivity contribution >= 4 is 5.91 Å². The topological polar surface area (TPSA) is 50.4 Å². The van der Waals surface area contributed by atoms with Crippen LogP contribution < -0.4 is 10.6 Å². The predicted molar refractivity (Wildman–Crippen MR) is 66.8 cm³/mol. The van der Waals surface area contributed by atoms with Gasteiger partial charge in [0.05, 0.1) is 18.2 Å². The number of hydrogen-bond acceptors (Lipinski definition) is 3. The first-order chi connectivity index (χ1) is 8.00. The molecule has 0 aromatic carbocycles. The lowest BCUT2D eigenvalue weighted by molar-refractivity contribution is -0.127. The zero-order valence-corrected chi connectivity index (χ0v) is 11.1. The monoisotopic (exact) mass is 240 g/mol. The summed E-state index contributed by atoms with van der Waals surface area (Å²) in [6, 6.07) is 0.117. The molecule has 2 rings (SSSR count). The van der Waals surface area contributed by atoms with Crippen LogP contribution in [0.2, 0.25) is 0 Å². The van der Waals surface area contributed by atoms with Crippen molar-refractivity contribution in [2.24, 2.45) is 5.41 Å². The van der Waals surface area contributed by atoms with Gasteiger partial charge in [-0.1, -0.05) is 13.8 Å². The molecule has 2 aliphatic rings. The Kier molecular flexibility index (Phi) is 3.73. The van der Waals surface area contributed by atoms with Gasteiger partial charge in [-0.15, -0.1) is 0 Å². The Hall–Kier alpha value is -0.610. The van der Waals surface area contributed by atoms with Crippen LogP contribution in [0.25, 0.3) is 0 Å². The normalized spacial score (nSPS) is 36.8. The van der Waals surface area contributed by atoms with E-state index < -0.39 is 0 Å². The van der Waals surface area contributed by atoms with Crippen molar-refractivity contribution in [2.75, 3.05) is 13.2 Å². The van der Waals surface area contributed by atoms with E-state index >= 15 is 0 Å². The minimum atomic E-state index is -0.0657. The molecule has 0 aromatic rings. The van der Waals surface area contributed by atoms with Gasteiger partial charge in [0.1, 0.15) is 0 Å². The molecule has 0 aliphatic carbocycles. The molecule has 98 valence electrons. The lowest BCUT2D eigenvalue weighted by Crippen LogP contribution is -2.57. The molecular formula is C13H24N2O2. The van der Waals surface area contributed by atoms with Crippen molar-refractivity contribution in [1.82, 2.24) is 10.6 Å². The number of rotatable bonds is 2. The molecule has 17 heavy (non-hydrogen) atoms. The second kappa shape index (κ2) is 4.94. The SMILES string of the molecule is CC1OCCC1NC(=O)C1NCCCC1(C)C. The van der Waals surface area contributed by atoms with Crippen molar-refractivity contribution in [3.05, 3.63) is 0 Å². The van der Waals surface area contributed by atoms with E-state index in [2.05, 4.69) is 24.5 Å². The Morgan fingerprint density at radius 1 is 1.47 bits per heavy atom. The van der Waals surface area contributed by atoms with Gasteiger partial charge in [-0.25, -0.2) is 0 Å². The lowest BCUT2D eigenvalue weighted by atomic mass is 9.77. The third-order valence-corrected chi connectivity index (χ3v) is 4.09. The van der Waals surface area contributed by atoms with E-state index in [0.29, 0.717) is 0 Å². The minimum absolute atomic E-state index is 0.0467. The highest BCUT2D eigenvalue weighted by Gasteiger charge is 2.38. The Morgan fingerprint density at radius 2 is 2.24 bits per heavy atom. The summed E-state index contributed by atoms with van der Waals surface area (Å²) in [5, 5.41) is 6.47. The van der Waals surface area contributed by atoms with Gasteiger partial charge in [0, 0.05) is 6.61 Å². The van der Waals surface area contributed by atoms with E-state index in [0.717, 1.165) is 32.4 Å². The van der Waals surface area contributed by atoms with E-state index in [1.165, 1.54) is 0 Å². The van der Waals surface area contributed by atoms with Gasteiger partial charge in [0.15, 0.2) is 0 Å². The lowest BCUT2D eigenvalue weighted by Gasteiger charge is -2.38. The van der Waals surface area contributed by atoms with Gasteiger partial charge in [-0.2, -0.15) is 0 Å². The van der Waals surface area contributed by atoms with Crippen LogP contribution in [0.15, 0.2) is 0 Å². The molecule has 0 bridgehead atoms. The number of nitrogens with one attached hydrogen (secondary N) is 2. The van der Waals surface area contributed by atoms with Crippen molar-refractivity contribution in [3.63, 3.8) is 0 Å². The van der Waals surface area contributed by atoms with Crippen molar-refractivity contribution < 1.29 is 9.53 Å². The first-order valence-corrected chi connectivity index (χ1v) is 6.66. The summed E-state index contributed by atoms with van der Waals surface area (Å²) < 4.78 is 5.47. The fourth-order valence-electron chi connectivity index (χ4n) is 2.85. The maximum Gasteiger partial charge on any atom is 0.237 e. The highest BCUT2D eigenvalue weighted by molar-refractivity contribution is 5.83. The van der Waals surface area contributed by atoms with Crippen LogP contribution in [0.1, 0.15) is 40.0 Å². The van der Waals surface area contributed by atoms with Gasteiger partial charge in [-0.05, 0) is 38.1 Å². The molecule has 2 fully saturated rings. The standard InChI is InChI=1S/C13H24N2O2/c1-9-10(5-8-17-9)15-12(16)11-13(2,3)6-4-7-14-11/h9-11,14H,4-8H2,1-3H3,(H,15,16). The zero-order valence-electron chi connectivity index (χ0n) is 11.1. The smallest absolute Gasteiger partial charge is 0.237 e. The maximum absolute atomic E-state index is 12.3. The van der Waals surface area contributed by atoms with E-state index in [9.17, 15) is 4.79 Å². The zero-order chi connectivity index (χ0) is 12.5. The second-order valence-corrected chi connectivity index (χ2v) is 5.96. The second-order valence-electron chi connectivity index (χ2n) is 5.96. The fraction of sp³-hybridized carbons (Fsp3) is 0.923. The van der Waals surface area contributed by atoms with Gasteiger partial charge < -0.3 is 15.4 Å². The maximum atomic E-state index is 12.3. The third kappa shape index (κ3) is 2.80. The van der Waals surface area contributed by atoms with Crippen molar-refractivity contribution in [2.45, 2.75) is 58.2 Å². The van der Waals surface area contributed by atoms with Crippen molar-refractivity contribution in [1.29, 1.82) is 0 Å². The molecule has 2 aliphatic heterocycles. The summed E-state index contributed by atoms with van der Waals surface area (Å²) >= 11 is 0. The molecule has 4 heteroatoms. The van der Waals surface area contributed by atoms with Crippen LogP contribution in [0.3, 0.4) is 0 Å². The van der Waals surface area contributed by atoms with Crippen LogP contribution in [-0.2, 0) is 9.53 Å². The Morgan fingerprint density at radius 3 is 2.82 bits per heavy atom. The average Bonchev–Trinajstić information content (AvgIpc) is 2.63. The molecule has 2 heterocycles. The molecule has 0 radical (unpaired) electrons. The van der Waals surface area contributed by atoms with E-state index in [-0.39, 0.29) is 29.5 Å². The molecule has 3 unspecified atom stereocenters. The van der Waals surface area contributed by atoms with Crippen LogP contribution in [0, 0.1) is 5.41 Å². The van der Waals surface area contributed by atoms with Gasteiger partial charge in [0.25, 0.3) is 0 Å².